The molecule has 0 amide bonds. The minimum Gasteiger partial charge on any atom is -0.311 e. The summed E-state index contributed by atoms with van der Waals surface area (Å²) in [6.07, 6.45) is 7.03. The average Bonchev–Trinajstić information content (AvgIpc) is 2.68. The predicted molar refractivity (Wildman–Crippen MR) is 84.9 cm³/mol. The summed E-state index contributed by atoms with van der Waals surface area (Å²) in [6.45, 7) is 8.51. The van der Waals surface area contributed by atoms with Gasteiger partial charge in [-0.25, -0.2) is 0 Å². The molecule has 2 bridgehead atoms. The fraction of sp³-hybridized carbons (Fsp3) is 1.00. The topological polar surface area (TPSA) is 15.3 Å². The van der Waals surface area contributed by atoms with Crippen molar-refractivity contribution in [2.45, 2.75) is 77.0 Å². The Labute approximate surface area is 123 Å². The number of piperidine rings is 1. The van der Waals surface area contributed by atoms with Crippen LogP contribution in [0, 0.1) is 5.41 Å². The van der Waals surface area contributed by atoms with Crippen LogP contribution in [0.1, 0.15) is 52.9 Å². The normalized spacial score (nSPS) is 41.7. The Morgan fingerprint density at radius 3 is 2.42 bits per heavy atom. The maximum Gasteiger partial charge on any atom is 0.0194 e. The van der Waals surface area contributed by atoms with E-state index in [0.29, 0.717) is 5.41 Å². The van der Waals surface area contributed by atoms with Gasteiger partial charge in [0.15, 0.2) is 0 Å². The van der Waals surface area contributed by atoms with E-state index in [1.54, 1.807) is 0 Å². The zero-order valence-corrected chi connectivity index (χ0v) is 13.6. The zero-order valence-electron chi connectivity index (χ0n) is 12.8. The highest BCUT2D eigenvalue weighted by Crippen LogP contribution is 2.38. The number of hydrogen-bond donors (Lipinski definition) is 1. The third-order valence-electron chi connectivity index (χ3n) is 5.34. The van der Waals surface area contributed by atoms with Crippen molar-refractivity contribution in [2.75, 3.05) is 18.1 Å². The van der Waals surface area contributed by atoms with E-state index in [1.807, 2.05) is 0 Å². The van der Waals surface area contributed by atoms with Gasteiger partial charge in [0.2, 0.25) is 0 Å². The summed E-state index contributed by atoms with van der Waals surface area (Å²) < 4.78 is 0. The van der Waals surface area contributed by atoms with Crippen molar-refractivity contribution in [3.63, 3.8) is 0 Å². The molecule has 0 aliphatic carbocycles. The quantitative estimate of drug-likeness (QED) is 0.856. The summed E-state index contributed by atoms with van der Waals surface area (Å²) in [5.74, 6) is 2.70. The summed E-state index contributed by atoms with van der Waals surface area (Å²) in [5.41, 5.74) is 0.535. The number of nitrogens with one attached hydrogen (secondary N) is 1. The van der Waals surface area contributed by atoms with E-state index in [0.717, 1.165) is 24.2 Å². The summed E-state index contributed by atoms with van der Waals surface area (Å²) in [7, 11) is 0. The smallest absolute Gasteiger partial charge is 0.0194 e. The first kappa shape index (κ1) is 14.2. The van der Waals surface area contributed by atoms with Crippen LogP contribution < -0.4 is 5.32 Å². The maximum atomic E-state index is 3.79. The Balaban J connectivity index is 1.66. The third kappa shape index (κ3) is 3.14. The Hall–Kier alpha value is 0.270. The van der Waals surface area contributed by atoms with Gasteiger partial charge in [0.1, 0.15) is 0 Å². The molecule has 3 aliphatic rings. The number of rotatable bonds is 3. The van der Waals surface area contributed by atoms with Crippen molar-refractivity contribution in [1.82, 2.24) is 10.2 Å². The van der Waals surface area contributed by atoms with E-state index in [9.17, 15) is 0 Å². The molecule has 3 rings (SSSR count). The van der Waals surface area contributed by atoms with E-state index in [2.05, 4.69) is 42.7 Å². The molecule has 3 fully saturated rings. The first-order valence-electron chi connectivity index (χ1n) is 8.17. The number of fused-ring (bicyclic) bond motifs is 2. The molecule has 0 radical (unpaired) electrons. The van der Waals surface area contributed by atoms with Crippen molar-refractivity contribution in [3.05, 3.63) is 0 Å². The van der Waals surface area contributed by atoms with Crippen molar-refractivity contribution in [2.24, 2.45) is 5.41 Å². The molecule has 19 heavy (non-hydrogen) atoms. The van der Waals surface area contributed by atoms with Gasteiger partial charge in [0, 0.05) is 29.9 Å². The van der Waals surface area contributed by atoms with Gasteiger partial charge in [-0.05, 0) is 49.8 Å². The highest BCUT2D eigenvalue weighted by Gasteiger charge is 2.39. The summed E-state index contributed by atoms with van der Waals surface area (Å²) >= 11 is 2.18. The molecular weight excluding hydrogens is 252 g/mol. The summed E-state index contributed by atoms with van der Waals surface area (Å²) in [5, 5.41) is 3.79. The highest BCUT2D eigenvalue weighted by molar-refractivity contribution is 7.99. The van der Waals surface area contributed by atoms with Crippen LogP contribution in [0.2, 0.25) is 0 Å². The highest BCUT2D eigenvalue weighted by atomic mass is 32.2. The lowest BCUT2D eigenvalue weighted by Crippen LogP contribution is -2.54. The second-order valence-electron chi connectivity index (χ2n) is 7.63. The number of nitrogens with zero attached hydrogens (tertiary/aromatic N) is 1. The first-order valence-corrected chi connectivity index (χ1v) is 9.32. The summed E-state index contributed by atoms with van der Waals surface area (Å²) in [4.78, 5) is 2.86. The van der Waals surface area contributed by atoms with Gasteiger partial charge in [-0.15, -0.1) is 0 Å². The molecule has 3 heteroatoms. The van der Waals surface area contributed by atoms with Crippen molar-refractivity contribution >= 4 is 11.8 Å². The molecule has 0 aromatic rings. The number of hydrogen-bond acceptors (Lipinski definition) is 3. The summed E-state index contributed by atoms with van der Waals surface area (Å²) in [6, 6.07) is 3.31. The van der Waals surface area contributed by atoms with Crippen molar-refractivity contribution in [3.8, 4) is 0 Å². The van der Waals surface area contributed by atoms with Gasteiger partial charge in [-0.3, -0.25) is 4.90 Å². The van der Waals surface area contributed by atoms with Crippen LogP contribution in [0.4, 0.5) is 0 Å². The van der Waals surface area contributed by atoms with Crippen LogP contribution in [0.3, 0.4) is 0 Å². The molecule has 3 aliphatic heterocycles. The van der Waals surface area contributed by atoms with Gasteiger partial charge in [-0.2, -0.15) is 11.8 Å². The van der Waals surface area contributed by atoms with E-state index in [1.165, 1.54) is 50.2 Å². The van der Waals surface area contributed by atoms with Gasteiger partial charge >= 0.3 is 0 Å². The van der Waals surface area contributed by atoms with Crippen molar-refractivity contribution in [1.29, 1.82) is 0 Å². The Morgan fingerprint density at radius 1 is 1.16 bits per heavy atom. The standard InChI is InChI=1S/C16H30N2S/c1-4-18(15-9-16(2,3)11-19-10-15)14-7-12-5-6-13(8-14)17-12/h12-15,17H,4-11H2,1-3H3. The lowest BCUT2D eigenvalue weighted by molar-refractivity contribution is 0.0847. The van der Waals surface area contributed by atoms with E-state index in [-0.39, 0.29) is 0 Å². The molecule has 110 valence electrons. The van der Waals surface area contributed by atoms with Crippen LogP contribution in [0.5, 0.6) is 0 Å². The minimum absolute atomic E-state index is 0.535. The fourth-order valence-corrected chi connectivity index (χ4v) is 5.92. The molecule has 0 spiro atoms. The zero-order chi connectivity index (χ0) is 13.5. The Morgan fingerprint density at radius 2 is 1.84 bits per heavy atom. The third-order valence-corrected chi connectivity index (χ3v) is 6.95. The van der Waals surface area contributed by atoms with E-state index < -0.39 is 0 Å². The lowest BCUT2D eigenvalue weighted by Gasteiger charge is -2.46. The largest absolute Gasteiger partial charge is 0.311 e. The SMILES string of the molecule is CCN(C1CC2CCC(C1)N2)C1CSCC(C)(C)C1. The van der Waals surface area contributed by atoms with Gasteiger partial charge < -0.3 is 5.32 Å². The van der Waals surface area contributed by atoms with Crippen molar-refractivity contribution < 1.29 is 0 Å². The molecule has 1 N–H and O–H groups in total. The van der Waals surface area contributed by atoms with Gasteiger partial charge in [0.25, 0.3) is 0 Å². The Bertz CT molecular complexity index is 304. The monoisotopic (exact) mass is 282 g/mol. The number of thioether (sulfide) groups is 1. The first-order chi connectivity index (χ1) is 9.07. The molecule has 3 heterocycles. The van der Waals surface area contributed by atoms with Crippen LogP contribution >= 0.6 is 11.8 Å². The second-order valence-corrected chi connectivity index (χ2v) is 8.66. The van der Waals surface area contributed by atoms with Crippen LogP contribution in [0.25, 0.3) is 0 Å². The van der Waals surface area contributed by atoms with Gasteiger partial charge in [0.05, 0.1) is 0 Å². The average molecular weight is 282 g/mol. The van der Waals surface area contributed by atoms with E-state index in [4.69, 9.17) is 0 Å². The molecule has 0 aromatic carbocycles. The predicted octanol–water partition coefficient (Wildman–Crippen LogP) is 3.12. The lowest BCUT2D eigenvalue weighted by atomic mass is 9.86. The minimum atomic E-state index is 0.535. The molecular formula is C16H30N2S. The van der Waals surface area contributed by atoms with Crippen LogP contribution in [-0.2, 0) is 0 Å². The Kier molecular flexibility index (Phi) is 4.17. The second kappa shape index (κ2) is 5.57. The van der Waals surface area contributed by atoms with Crippen LogP contribution in [-0.4, -0.2) is 47.1 Å². The van der Waals surface area contributed by atoms with Crippen LogP contribution in [0.15, 0.2) is 0 Å². The van der Waals surface area contributed by atoms with E-state index >= 15 is 0 Å². The van der Waals surface area contributed by atoms with Gasteiger partial charge in [-0.1, -0.05) is 20.8 Å². The molecule has 3 saturated heterocycles. The fourth-order valence-electron chi connectivity index (χ4n) is 4.55. The molecule has 2 nitrogen and oxygen atoms in total. The maximum absolute atomic E-state index is 3.79. The molecule has 3 atom stereocenters. The molecule has 3 unspecified atom stereocenters. The molecule has 0 aromatic heterocycles. The molecule has 0 saturated carbocycles.